The monoisotopic (exact) mass is 871 g/mol. The summed E-state index contributed by atoms with van der Waals surface area (Å²) in [5, 5.41) is 10.4. The van der Waals surface area contributed by atoms with Gasteiger partial charge in [0.15, 0.2) is 5.82 Å². The number of aromatic nitrogens is 2. The fraction of sp³-hybridized carbons (Fsp3) is 0.533. The number of alkyl halides is 2. The molecular formula is C45H55F2N9O7. The molecule has 0 saturated carbocycles. The molecule has 336 valence electrons. The van der Waals surface area contributed by atoms with E-state index >= 15 is 0 Å². The molecule has 1 aromatic heterocycles. The van der Waals surface area contributed by atoms with E-state index < -0.39 is 30.2 Å². The number of nitrogens with one attached hydrogen (secondary N) is 2. The van der Waals surface area contributed by atoms with Gasteiger partial charge in [-0.1, -0.05) is 6.92 Å². The number of aryl methyl sites for hydroxylation is 1. The SMILES string of the molecule is CCc1c(N2CCCc3cc(C(=O)N4CC(N5CCN(c6ccc7c(c6)C(=O)N(C(C=O)CCC(=O)NC)C7=O)CC5)C4)c(C(F)F)cc32)nn(C2CCOCC2)c1CCNC=O. The van der Waals surface area contributed by atoms with E-state index in [1.54, 1.807) is 29.2 Å². The van der Waals surface area contributed by atoms with Gasteiger partial charge in [-0.25, -0.2) is 8.78 Å². The summed E-state index contributed by atoms with van der Waals surface area (Å²) in [6.07, 6.45) is 2.66. The number of halogens is 2. The summed E-state index contributed by atoms with van der Waals surface area (Å²) >= 11 is 0. The number of hydrogen-bond donors (Lipinski definition) is 2. The summed E-state index contributed by atoms with van der Waals surface area (Å²) < 4.78 is 37.6. The minimum absolute atomic E-state index is 0.00301. The highest BCUT2D eigenvalue weighted by Gasteiger charge is 2.42. The zero-order chi connectivity index (χ0) is 44.4. The molecule has 1 atom stereocenters. The number of aldehydes is 1. The Balaban J connectivity index is 0.925. The molecule has 3 aromatic rings. The number of fused-ring (bicyclic) bond motifs is 2. The minimum Gasteiger partial charge on any atom is -0.381 e. The minimum atomic E-state index is -2.87. The van der Waals surface area contributed by atoms with Gasteiger partial charge in [-0.15, -0.1) is 0 Å². The third kappa shape index (κ3) is 8.54. The highest BCUT2D eigenvalue weighted by molar-refractivity contribution is 6.22. The van der Waals surface area contributed by atoms with Gasteiger partial charge in [-0.2, -0.15) is 5.10 Å². The van der Waals surface area contributed by atoms with E-state index in [0.717, 1.165) is 52.5 Å². The van der Waals surface area contributed by atoms with Crippen molar-refractivity contribution in [3.8, 4) is 0 Å². The highest BCUT2D eigenvalue weighted by atomic mass is 19.3. The summed E-state index contributed by atoms with van der Waals surface area (Å²) in [5.41, 5.74) is 4.50. The number of likely N-dealkylation sites (tertiary alicyclic amines) is 1. The molecule has 5 amide bonds. The van der Waals surface area contributed by atoms with E-state index in [9.17, 15) is 37.5 Å². The van der Waals surface area contributed by atoms with Crippen molar-refractivity contribution < 1.29 is 42.3 Å². The molecule has 2 N–H and O–H groups in total. The molecule has 0 aliphatic carbocycles. The predicted octanol–water partition coefficient (Wildman–Crippen LogP) is 3.44. The lowest BCUT2D eigenvalue weighted by molar-refractivity contribution is -0.121. The standard InChI is InChI=1S/C45H55F2N9O7/c1-3-33-38(10-13-49-27-58)56(29-11-19-63-20-12-29)50-42(33)54-14-4-5-28-21-36(35(41(46)47)23-39(28)54)43(60)53-24-32(25-53)52-17-15-51(16-18-52)30-6-8-34-37(22-30)45(62)55(44(34)61)31(26-57)7-9-40(59)48-2/h6,8,21-23,26-27,29,31-32,41H,3-5,7,9-20,24-25H2,1-2H3,(H,48,59)(H,49,58). The molecule has 1 unspecified atom stereocenters. The molecule has 6 heterocycles. The second kappa shape index (κ2) is 18.9. The maximum absolute atomic E-state index is 15.0. The van der Waals surface area contributed by atoms with Crippen molar-refractivity contribution in [3.05, 3.63) is 69.4 Å². The van der Waals surface area contributed by atoms with Crippen molar-refractivity contribution in [2.75, 3.05) is 82.4 Å². The largest absolute Gasteiger partial charge is 0.381 e. The van der Waals surface area contributed by atoms with Crippen molar-refractivity contribution in [2.24, 2.45) is 0 Å². The lowest BCUT2D eigenvalue weighted by atomic mass is 9.93. The molecule has 5 aliphatic heterocycles. The van der Waals surface area contributed by atoms with Gasteiger partial charge in [0.25, 0.3) is 24.1 Å². The molecular weight excluding hydrogens is 817 g/mol. The fourth-order valence-electron chi connectivity index (χ4n) is 9.83. The van der Waals surface area contributed by atoms with Gasteiger partial charge in [-0.05, 0) is 74.4 Å². The number of rotatable bonds is 16. The Hall–Kier alpha value is -5.75. The van der Waals surface area contributed by atoms with Crippen LogP contribution in [0.3, 0.4) is 0 Å². The zero-order valence-electron chi connectivity index (χ0n) is 35.8. The van der Waals surface area contributed by atoms with E-state index in [4.69, 9.17) is 9.84 Å². The smallest absolute Gasteiger partial charge is 0.264 e. The van der Waals surface area contributed by atoms with Crippen molar-refractivity contribution in [2.45, 2.75) is 82.8 Å². The summed E-state index contributed by atoms with van der Waals surface area (Å²) in [4.78, 5) is 84.4. The number of amides is 5. The molecule has 8 rings (SSSR count). The second-order valence-electron chi connectivity index (χ2n) is 16.8. The molecule has 0 bridgehead atoms. The first kappa shape index (κ1) is 43.9. The summed E-state index contributed by atoms with van der Waals surface area (Å²) in [6.45, 7) is 7.79. The van der Waals surface area contributed by atoms with Crippen LogP contribution >= 0.6 is 0 Å². The fourth-order valence-corrected chi connectivity index (χ4v) is 9.83. The Bertz CT molecular complexity index is 2250. The van der Waals surface area contributed by atoms with Crippen molar-refractivity contribution in [1.82, 2.24) is 35.1 Å². The molecule has 3 saturated heterocycles. The average Bonchev–Trinajstić information content (AvgIpc) is 3.78. The van der Waals surface area contributed by atoms with Gasteiger partial charge in [0.1, 0.15) is 6.29 Å². The highest BCUT2D eigenvalue weighted by Crippen LogP contribution is 2.41. The molecule has 5 aliphatic rings. The first-order valence-corrected chi connectivity index (χ1v) is 22.1. The van der Waals surface area contributed by atoms with Gasteiger partial charge < -0.3 is 34.9 Å². The van der Waals surface area contributed by atoms with Crippen LogP contribution in [0.25, 0.3) is 0 Å². The molecule has 2 aromatic carbocycles. The maximum Gasteiger partial charge on any atom is 0.264 e. The summed E-state index contributed by atoms with van der Waals surface area (Å²) in [5.74, 6) is -1.08. The number of piperazine rings is 1. The third-order valence-corrected chi connectivity index (χ3v) is 13.3. The number of nitrogens with zero attached hydrogens (tertiary/aromatic N) is 7. The first-order chi connectivity index (χ1) is 30.6. The number of benzene rings is 2. The van der Waals surface area contributed by atoms with E-state index in [1.807, 2.05) is 4.90 Å². The lowest BCUT2D eigenvalue weighted by Gasteiger charge is -2.48. The Morgan fingerprint density at radius 2 is 1.71 bits per heavy atom. The van der Waals surface area contributed by atoms with Crippen LogP contribution in [0.15, 0.2) is 30.3 Å². The molecule has 18 heteroatoms. The summed E-state index contributed by atoms with van der Waals surface area (Å²) in [6, 6.07) is 7.40. The normalized spacial score (nSPS) is 18.9. The zero-order valence-corrected chi connectivity index (χ0v) is 35.8. The van der Waals surface area contributed by atoms with Crippen LogP contribution < -0.4 is 20.4 Å². The molecule has 16 nitrogen and oxygen atoms in total. The van der Waals surface area contributed by atoms with Crippen molar-refractivity contribution in [1.29, 1.82) is 0 Å². The first-order valence-electron chi connectivity index (χ1n) is 22.1. The topological polar surface area (TPSA) is 170 Å². The van der Waals surface area contributed by atoms with Gasteiger partial charge in [0.2, 0.25) is 12.3 Å². The van der Waals surface area contributed by atoms with Crippen LogP contribution in [0.5, 0.6) is 0 Å². The van der Waals surface area contributed by atoms with Gasteiger partial charge in [-0.3, -0.25) is 38.5 Å². The molecule has 0 spiro atoms. The molecule has 3 fully saturated rings. The second-order valence-corrected chi connectivity index (χ2v) is 16.8. The Morgan fingerprint density at radius 1 is 0.968 bits per heavy atom. The van der Waals surface area contributed by atoms with Gasteiger partial charge >= 0.3 is 0 Å². The number of hydrogen-bond acceptors (Lipinski definition) is 11. The Labute approximate surface area is 364 Å². The Kier molecular flexibility index (Phi) is 13.2. The van der Waals surface area contributed by atoms with E-state index in [2.05, 4.69) is 32.0 Å². The maximum atomic E-state index is 15.0. The predicted molar refractivity (Wildman–Crippen MR) is 229 cm³/mol. The number of ether oxygens (including phenoxy) is 1. The van der Waals surface area contributed by atoms with Crippen molar-refractivity contribution >= 4 is 53.5 Å². The van der Waals surface area contributed by atoms with Crippen LogP contribution in [0, 0.1) is 0 Å². The summed E-state index contributed by atoms with van der Waals surface area (Å²) in [7, 11) is 1.48. The third-order valence-electron chi connectivity index (χ3n) is 13.3. The Morgan fingerprint density at radius 3 is 2.40 bits per heavy atom. The number of imide groups is 1. The van der Waals surface area contributed by atoms with Gasteiger partial charge in [0.05, 0.1) is 23.2 Å². The molecule has 0 radical (unpaired) electrons. The van der Waals surface area contributed by atoms with Gasteiger partial charge in [0, 0.05) is 125 Å². The average molecular weight is 872 g/mol. The van der Waals surface area contributed by atoms with E-state index in [1.165, 1.54) is 13.1 Å². The molecule has 63 heavy (non-hydrogen) atoms. The van der Waals surface area contributed by atoms with Crippen LogP contribution in [0.4, 0.5) is 26.0 Å². The van der Waals surface area contributed by atoms with E-state index in [-0.39, 0.29) is 53.1 Å². The van der Waals surface area contributed by atoms with Crippen molar-refractivity contribution in [3.63, 3.8) is 0 Å². The van der Waals surface area contributed by atoms with Crippen LogP contribution in [-0.4, -0.2) is 146 Å². The van der Waals surface area contributed by atoms with Crippen LogP contribution in [0.1, 0.15) is 105 Å². The number of carbonyl (C=O) groups excluding carboxylic acids is 6. The van der Waals surface area contributed by atoms with E-state index in [0.29, 0.717) is 103 Å². The number of anilines is 3. The van der Waals surface area contributed by atoms with Crippen LogP contribution in [0.2, 0.25) is 0 Å². The lowest BCUT2D eigenvalue weighted by Crippen LogP contribution is -2.64. The number of carbonyl (C=O) groups is 6. The quantitative estimate of drug-likeness (QED) is 0.123. The van der Waals surface area contributed by atoms with Crippen LogP contribution in [-0.2, 0) is 38.4 Å².